The van der Waals surface area contributed by atoms with Crippen LogP contribution < -0.4 is 5.32 Å². The Balaban J connectivity index is 2.93. The molecule has 1 heterocycles. The van der Waals surface area contributed by atoms with Gasteiger partial charge in [-0.3, -0.25) is 4.68 Å². The van der Waals surface area contributed by atoms with Crippen molar-refractivity contribution in [2.75, 3.05) is 6.54 Å². The third-order valence-electron chi connectivity index (χ3n) is 3.68. The van der Waals surface area contributed by atoms with Crippen molar-refractivity contribution in [2.45, 2.75) is 79.8 Å². The molecule has 1 N–H and O–H groups in total. The Morgan fingerprint density at radius 1 is 1.24 bits per heavy atom. The molecule has 0 aliphatic carbocycles. The van der Waals surface area contributed by atoms with Crippen molar-refractivity contribution in [3.05, 3.63) is 16.4 Å². The first-order valence-corrected chi connectivity index (χ1v) is 8.67. The lowest BCUT2D eigenvalue weighted by Crippen LogP contribution is -2.36. The fraction of sp³-hybridized carbons (Fsp3) is 0.824. The molecular formula is C17H32ClN3. The van der Waals surface area contributed by atoms with Gasteiger partial charge in [0.25, 0.3) is 0 Å². The van der Waals surface area contributed by atoms with E-state index in [1.54, 1.807) is 0 Å². The van der Waals surface area contributed by atoms with Gasteiger partial charge >= 0.3 is 0 Å². The zero-order valence-corrected chi connectivity index (χ0v) is 15.3. The number of nitrogens with one attached hydrogen (secondary N) is 1. The molecule has 0 bridgehead atoms. The highest BCUT2D eigenvalue weighted by Gasteiger charge is 2.22. The first-order valence-electron chi connectivity index (χ1n) is 8.29. The lowest BCUT2D eigenvalue weighted by Gasteiger charge is -2.27. The summed E-state index contributed by atoms with van der Waals surface area (Å²) in [5.74, 6) is 0. The number of halogens is 1. The minimum atomic E-state index is 0.308. The maximum absolute atomic E-state index is 6.55. The first-order chi connectivity index (χ1) is 9.82. The molecule has 1 rings (SSSR count). The van der Waals surface area contributed by atoms with Gasteiger partial charge in [-0.1, -0.05) is 46.2 Å². The first kappa shape index (κ1) is 18.5. The summed E-state index contributed by atoms with van der Waals surface area (Å²) in [6, 6.07) is 0.453. The van der Waals surface area contributed by atoms with Crippen molar-refractivity contribution in [2.24, 2.45) is 5.41 Å². The molecule has 0 aliphatic rings. The molecule has 0 aliphatic heterocycles. The number of hydrogen-bond acceptors (Lipinski definition) is 2. The molecule has 3 nitrogen and oxygen atoms in total. The minimum Gasteiger partial charge on any atom is -0.314 e. The van der Waals surface area contributed by atoms with Crippen LogP contribution in [0.5, 0.6) is 0 Å². The maximum atomic E-state index is 6.55. The average molecular weight is 314 g/mol. The van der Waals surface area contributed by atoms with E-state index in [1.165, 1.54) is 5.69 Å². The summed E-state index contributed by atoms with van der Waals surface area (Å²) < 4.78 is 2.07. The number of aryl methyl sites for hydroxylation is 2. The van der Waals surface area contributed by atoms with E-state index >= 15 is 0 Å². The van der Waals surface area contributed by atoms with Crippen molar-refractivity contribution in [3.63, 3.8) is 0 Å². The summed E-state index contributed by atoms with van der Waals surface area (Å²) in [5.41, 5.74) is 2.52. The van der Waals surface area contributed by atoms with E-state index in [0.29, 0.717) is 11.5 Å². The largest absolute Gasteiger partial charge is 0.314 e. The molecule has 0 amide bonds. The normalized spacial score (nSPS) is 13.7. The van der Waals surface area contributed by atoms with Crippen LogP contribution in [0.3, 0.4) is 0 Å². The Morgan fingerprint density at radius 2 is 1.90 bits per heavy atom. The predicted octanol–water partition coefficient (Wildman–Crippen LogP) is 4.47. The molecule has 0 saturated heterocycles. The van der Waals surface area contributed by atoms with Crippen LogP contribution in [-0.2, 0) is 19.4 Å². The second-order valence-electron chi connectivity index (χ2n) is 7.00. The minimum absolute atomic E-state index is 0.308. The highest BCUT2D eigenvalue weighted by Crippen LogP contribution is 2.27. The maximum Gasteiger partial charge on any atom is 0.0850 e. The second-order valence-corrected chi connectivity index (χ2v) is 7.37. The van der Waals surface area contributed by atoms with Crippen LogP contribution in [0.15, 0.2) is 0 Å². The quantitative estimate of drug-likeness (QED) is 0.767. The van der Waals surface area contributed by atoms with Gasteiger partial charge in [0.2, 0.25) is 0 Å². The molecule has 21 heavy (non-hydrogen) atoms. The van der Waals surface area contributed by atoms with Gasteiger partial charge in [-0.05, 0) is 38.1 Å². The summed E-state index contributed by atoms with van der Waals surface area (Å²) in [5, 5.41) is 9.19. The molecule has 0 saturated carbocycles. The van der Waals surface area contributed by atoms with E-state index < -0.39 is 0 Å². The van der Waals surface area contributed by atoms with Gasteiger partial charge in [0.05, 0.1) is 16.4 Å². The van der Waals surface area contributed by atoms with E-state index in [-0.39, 0.29) is 0 Å². The molecule has 122 valence electrons. The highest BCUT2D eigenvalue weighted by atomic mass is 35.5. The van der Waals surface area contributed by atoms with E-state index in [2.05, 4.69) is 56.6 Å². The summed E-state index contributed by atoms with van der Waals surface area (Å²) in [7, 11) is 0. The molecule has 1 unspecified atom stereocenters. The van der Waals surface area contributed by atoms with Gasteiger partial charge in [0.15, 0.2) is 0 Å². The van der Waals surface area contributed by atoms with Crippen LogP contribution in [0.1, 0.15) is 65.8 Å². The molecule has 1 aromatic heterocycles. The molecule has 4 heteroatoms. The standard InChI is InChI=1S/C17H32ClN3/c1-7-10-19-13(12-17(4,5)6)11-15-16(18)14(8-2)20-21(15)9-3/h13,19H,7-12H2,1-6H3. The molecule has 0 radical (unpaired) electrons. The Hall–Kier alpha value is -0.540. The van der Waals surface area contributed by atoms with Crippen LogP contribution in [0.4, 0.5) is 0 Å². The van der Waals surface area contributed by atoms with Crippen LogP contribution in [0, 0.1) is 5.41 Å². The van der Waals surface area contributed by atoms with Gasteiger partial charge in [-0.2, -0.15) is 5.10 Å². The fourth-order valence-electron chi connectivity index (χ4n) is 2.75. The summed E-state index contributed by atoms with van der Waals surface area (Å²) in [6.45, 7) is 15.3. The van der Waals surface area contributed by atoms with Crippen molar-refractivity contribution in [3.8, 4) is 0 Å². The topological polar surface area (TPSA) is 29.9 Å². The van der Waals surface area contributed by atoms with Gasteiger partial charge in [-0.25, -0.2) is 0 Å². The Bertz CT molecular complexity index is 432. The van der Waals surface area contributed by atoms with Crippen LogP contribution in [0.25, 0.3) is 0 Å². The monoisotopic (exact) mass is 313 g/mol. The lowest BCUT2D eigenvalue weighted by atomic mass is 9.86. The van der Waals surface area contributed by atoms with Crippen molar-refractivity contribution in [1.29, 1.82) is 0 Å². The highest BCUT2D eigenvalue weighted by molar-refractivity contribution is 6.31. The van der Waals surface area contributed by atoms with Crippen molar-refractivity contribution in [1.82, 2.24) is 15.1 Å². The van der Waals surface area contributed by atoms with Crippen molar-refractivity contribution < 1.29 is 0 Å². The Morgan fingerprint density at radius 3 is 2.38 bits per heavy atom. The summed E-state index contributed by atoms with van der Waals surface area (Å²) in [6.07, 6.45) is 4.14. The van der Waals surface area contributed by atoms with Gasteiger partial charge in [0, 0.05) is 19.0 Å². The van der Waals surface area contributed by atoms with Gasteiger partial charge in [0.1, 0.15) is 0 Å². The fourth-order valence-corrected chi connectivity index (χ4v) is 3.10. The SMILES string of the molecule is CCCNC(Cc1c(Cl)c(CC)nn1CC)CC(C)(C)C. The number of rotatable bonds is 8. The van der Waals surface area contributed by atoms with E-state index in [4.69, 9.17) is 11.6 Å². The molecule has 0 fully saturated rings. The van der Waals surface area contributed by atoms with Crippen LogP contribution in [-0.4, -0.2) is 22.4 Å². The number of nitrogens with zero attached hydrogens (tertiary/aromatic N) is 2. The third kappa shape index (κ3) is 5.63. The van der Waals surface area contributed by atoms with E-state index in [9.17, 15) is 0 Å². The zero-order chi connectivity index (χ0) is 16.0. The van der Waals surface area contributed by atoms with Crippen molar-refractivity contribution >= 4 is 11.6 Å². The lowest BCUT2D eigenvalue weighted by molar-refractivity contribution is 0.303. The van der Waals surface area contributed by atoms with E-state index in [1.807, 2.05) is 0 Å². The third-order valence-corrected chi connectivity index (χ3v) is 4.11. The predicted molar refractivity (Wildman–Crippen MR) is 92.1 cm³/mol. The summed E-state index contributed by atoms with van der Waals surface area (Å²) in [4.78, 5) is 0. The molecule has 0 spiro atoms. The molecule has 1 atom stereocenters. The smallest absolute Gasteiger partial charge is 0.0850 e. The molecule has 1 aromatic rings. The van der Waals surface area contributed by atoms with Gasteiger partial charge in [-0.15, -0.1) is 0 Å². The van der Waals surface area contributed by atoms with E-state index in [0.717, 1.165) is 49.5 Å². The number of aromatic nitrogens is 2. The zero-order valence-electron chi connectivity index (χ0n) is 14.6. The molecule has 0 aromatic carbocycles. The Kier molecular flexibility index (Phi) is 7.22. The van der Waals surface area contributed by atoms with Crippen LogP contribution in [0.2, 0.25) is 5.02 Å². The van der Waals surface area contributed by atoms with Gasteiger partial charge < -0.3 is 5.32 Å². The number of hydrogen-bond donors (Lipinski definition) is 1. The Labute approximate surface area is 135 Å². The second kappa shape index (κ2) is 8.19. The summed E-state index contributed by atoms with van der Waals surface area (Å²) >= 11 is 6.55. The average Bonchev–Trinajstić information content (AvgIpc) is 2.71. The molecular weight excluding hydrogens is 282 g/mol. The van der Waals surface area contributed by atoms with Crippen LogP contribution >= 0.6 is 11.6 Å².